The average molecular weight is 474 g/mol. The molecule has 30 heavy (non-hydrogen) atoms. The number of nitrogens with zero attached hydrogens (tertiary/aromatic N) is 2. The third kappa shape index (κ3) is 5.53. The number of benzene rings is 2. The van der Waals surface area contributed by atoms with E-state index in [1.165, 1.54) is 10.5 Å². The fraction of sp³-hybridized carbons (Fsp3) is 0.318. The molecule has 0 bridgehead atoms. The predicted octanol–water partition coefficient (Wildman–Crippen LogP) is 1.79. The van der Waals surface area contributed by atoms with E-state index in [-0.39, 0.29) is 12.1 Å². The van der Waals surface area contributed by atoms with Gasteiger partial charge in [-0.3, -0.25) is 4.79 Å². The highest BCUT2D eigenvalue weighted by atomic mass is 79.9. The van der Waals surface area contributed by atoms with Crippen molar-refractivity contribution in [1.82, 2.24) is 10.3 Å². The summed E-state index contributed by atoms with van der Waals surface area (Å²) in [7, 11) is 0. The molecule has 1 aliphatic rings. The minimum absolute atomic E-state index is 0.0142. The van der Waals surface area contributed by atoms with Crippen molar-refractivity contribution in [2.75, 3.05) is 6.54 Å². The van der Waals surface area contributed by atoms with E-state index < -0.39 is 18.1 Å². The van der Waals surface area contributed by atoms with Crippen molar-refractivity contribution in [2.45, 2.75) is 38.1 Å². The standard InChI is InChI=1S/C22H24BrN3O4/c23-18-7-5-15(6-8-18)13-24-25-19(10-12-27)20(28)21(29)22(30)26-11-9-16-3-1-2-4-17(16)14-26/h1-8,12,20-21,24,28-29H,9-11,13-14H2/b25-19+/t20-,21+/m0/s1. The van der Waals surface area contributed by atoms with Crippen molar-refractivity contribution < 1.29 is 19.8 Å². The van der Waals surface area contributed by atoms with E-state index in [2.05, 4.69) is 26.5 Å². The van der Waals surface area contributed by atoms with Gasteiger partial charge in [0.1, 0.15) is 12.4 Å². The molecule has 158 valence electrons. The van der Waals surface area contributed by atoms with Crippen LogP contribution in [0, 0.1) is 0 Å². The molecule has 3 N–H and O–H groups in total. The fourth-order valence-corrected chi connectivity index (χ4v) is 3.61. The number of rotatable bonds is 8. The molecule has 0 saturated carbocycles. The number of hydrogen-bond donors (Lipinski definition) is 3. The minimum Gasteiger partial charge on any atom is -0.384 e. The summed E-state index contributed by atoms with van der Waals surface area (Å²) in [5.74, 6) is -0.580. The van der Waals surface area contributed by atoms with E-state index in [9.17, 15) is 19.8 Å². The van der Waals surface area contributed by atoms with Gasteiger partial charge >= 0.3 is 0 Å². The first kappa shape index (κ1) is 22.1. The highest BCUT2D eigenvalue weighted by molar-refractivity contribution is 9.10. The molecule has 0 aliphatic carbocycles. The summed E-state index contributed by atoms with van der Waals surface area (Å²) in [6, 6.07) is 15.4. The lowest BCUT2D eigenvalue weighted by Gasteiger charge is -2.31. The Labute approximate surface area is 183 Å². The first-order valence-electron chi connectivity index (χ1n) is 9.68. The Bertz CT molecular complexity index is 917. The molecule has 2 aromatic carbocycles. The Morgan fingerprint density at radius 3 is 2.53 bits per heavy atom. The van der Waals surface area contributed by atoms with Crippen LogP contribution in [0.2, 0.25) is 0 Å². The van der Waals surface area contributed by atoms with Crippen LogP contribution in [0.5, 0.6) is 0 Å². The molecule has 1 amide bonds. The smallest absolute Gasteiger partial charge is 0.254 e. The van der Waals surface area contributed by atoms with Gasteiger partial charge < -0.3 is 25.3 Å². The van der Waals surface area contributed by atoms with E-state index in [0.717, 1.165) is 15.6 Å². The molecule has 2 atom stereocenters. The van der Waals surface area contributed by atoms with Gasteiger partial charge in [0.25, 0.3) is 5.91 Å². The van der Waals surface area contributed by atoms with Crippen LogP contribution in [-0.2, 0) is 29.1 Å². The summed E-state index contributed by atoms with van der Waals surface area (Å²) in [6.07, 6.45) is -2.19. The molecule has 2 aromatic rings. The third-order valence-corrected chi connectivity index (χ3v) is 5.58. The van der Waals surface area contributed by atoms with E-state index >= 15 is 0 Å². The number of halogens is 1. The van der Waals surface area contributed by atoms with Gasteiger partial charge in [-0.25, -0.2) is 0 Å². The lowest BCUT2D eigenvalue weighted by Crippen LogP contribution is -2.49. The molecular weight excluding hydrogens is 450 g/mol. The maximum atomic E-state index is 12.7. The second kappa shape index (κ2) is 10.5. The van der Waals surface area contributed by atoms with Crippen molar-refractivity contribution >= 4 is 33.8 Å². The van der Waals surface area contributed by atoms with Gasteiger partial charge in [-0.15, -0.1) is 0 Å². The van der Waals surface area contributed by atoms with Crippen LogP contribution in [0.3, 0.4) is 0 Å². The van der Waals surface area contributed by atoms with Crippen LogP contribution in [0.25, 0.3) is 0 Å². The summed E-state index contributed by atoms with van der Waals surface area (Å²) >= 11 is 3.36. The van der Waals surface area contributed by atoms with Gasteiger partial charge in [0.2, 0.25) is 0 Å². The van der Waals surface area contributed by atoms with Crippen molar-refractivity contribution in [2.24, 2.45) is 5.10 Å². The maximum Gasteiger partial charge on any atom is 0.254 e. The highest BCUT2D eigenvalue weighted by Crippen LogP contribution is 2.20. The van der Waals surface area contributed by atoms with Crippen molar-refractivity contribution in [3.05, 3.63) is 69.7 Å². The largest absolute Gasteiger partial charge is 0.384 e. The summed E-state index contributed by atoms with van der Waals surface area (Å²) in [6.45, 7) is 1.21. The number of hydrogen-bond acceptors (Lipinski definition) is 6. The first-order chi connectivity index (χ1) is 14.5. The van der Waals surface area contributed by atoms with Crippen molar-refractivity contribution in [3.8, 4) is 0 Å². The lowest BCUT2D eigenvalue weighted by atomic mass is 9.98. The van der Waals surface area contributed by atoms with Gasteiger partial charge in [0.15, 0.2) is 6.10 Å². The monoisotopic (exact) mass is 473 g/mol. The molecule has 0 fully saturated rings. The number of carbonyl (C=O) groups is 2. The molecule has 0 saturated heterocycles. The normalized spacial score (nSPS) is 15.8. The highest BCUT2D eigenvalue weighted by Gasteiger charge is 2.33. The van der Waals surface area contributed by atoms with E-state index in [0.29, 0.717) is 32.3 Å². The molecule has 3 rings (SSSR count). The third-order valence-electron chi connectivity index (χ3n) is 5.05. The summed E-state index contributed by atoms with van der Waals surface area (Å²) in [5.41, 5.74) is 5.96. The Morgan fingerprint density at radius 1 is 1.13 bits per heavy atom. The molecule has 0 spiro atoms. The summed E-state index contributed by atoms with van der Waals surface area (Å²) in [4.78, 5) is 25.3. The average Bonchev–Trinajstić information content (AvgIpc) is 2.78. The zero-order valence-electron chi connectivity index (χ0n) is 16.4. The molecule has 0 aromatic heterocycles. The number of hydrazone groups is 1. The van der Waals surface area contributed by atoms with Gasteiger partial charge in [-0.1, -0.05) is 52.3 Å². The number of fused-ring (bicyclic) bond motifs is 1. The predicted molar refractivity (Wildman–Crippen MR) is 117 cm³/mol. The zero-order chi connectivity index (χ0) is 21.5. The topological polar surface area (TPSA) is 102 Å². The molecular formula is C22H24BrN3O4. The Balaban J connectivity index is 1.63. The van der Waals surface area contributed by atoms with Gasteiger partial charge in [-0.2, -0.15) is 5.10 Å². The lowest BCUT2D eigenvalue weighted by molar-refractivity contribution is -0.144. The van der Waals surface area contributed by atoms with Crippen LogP contribution in [0.1, 0.15) is 23.1 Å². The quantitative estimate of drug-likeness (QED) is 0.308. The Hall–Kier alpha value is -2.55. The van der Waals surface area contributed by atoms with Gasteiger partial charge in [-0.05, 0) is 35.2 Å². The van der Waals surface area contributed by atoms with Crippen LogP contribution in [0.15, 0.2) is 58.1 Å². The second-order valence-electron chi connectivity index (χ2n) is 7.10. The van der Waals surface area contributed by atoms with E-state index in [4.69, 9.17) is 0 Å². The number of aliphatic hydroxyl groups excluding tert-OH is 2. The molecule has 8 heteroatoms. The number of aliphatic hydroxyl groups is 2. The van der Waals surface area contributed by atoms with E-state index in [1.807, 2.05) is 48.5 Å². The molecule has 1 heterocycles. The van der Waals surface area contributed by atoms with Crippen molar-refractivity contribution in [3.63, 3.8) is 0 Å². The van der Waals surface area contributed by atoms with Crippen LogP contribution < -0.4 is 5.43 Å². The van der Waals surface area contributed by atoms with Crippen LogP contribution in [-0.4, -0.2) is 51.8 Å². The minimum atomic E-state index is -1.69. The first-order valence-corrected chi connectivity index (χ1v) is 10.5. The molecule has 0 radical (unpaired) electrons. The second-order valence-corrected chi connectivity index (χ2v) is 8.02. The zero-order valence-corrected chi connectivity index (χ0v) is 18.0. The SMILES string of the molecule is O=CC/C(=N\NCc1ccc(Br)cc1)[C@H](O)[C@@H](O)C(=O)N1CCc2ccccc2C1. The number of nitrogens with one attached hydrogen (secondary N) is 1. The maximum absolute atomic E-state index is 12.7. The van der Waals surface area contributed by atoms with Crippen LogP contribution in [0.4, 0.5) is 0 Å². The molecule has 7 nitrogen and oxygen atoms in total. The van der Waals surface area contributed by atoms with Gasteiger partial charge in [0, 0.05) is 24.0 Å². The van der Waals surface area contributed by atoms with E-state index in [1.54, 1.807) is 0 Å². The fourth-order valence-electron chi connectivity index (χ4n) is 3.34. The Morgan fingerprint density at radius 2 is 1.83 bits per heavy atom. The Kier molecular flexibility index (Phi) is 7.73. The number of carbonyl (C=O) groups excluding carboxylic acids is 2. The summed E-state index contributed by atoms with van der Waals surface area (Å²) in [5, 5.41) is 25.0. The summed E-state index contributed by atoms with van der Waals surface area (Å²) < 4.78 is 0.953. The molecule has 0 unspecified atom stereocenters. The number of amides is 1. The van der Waals surface area contributed by atoms with Gasteiger partial charge in [0.05, 0.1) is 12.3 Å². The van der Waals surface area contributed by atoms with Crippen molar-refractivity contribution in [1.29, 1.82) is 0 Å². The number of aldehydes is 1. The van der Waals surface area contributed by atoms with Crippen LogP contribution >= 0.6 is 15.9 Å². The molecule has 1 aliphatic heterocycles.